The second kappa shape index (κ2) is 9.25. The summed E-state index contributed by atoms with van der Waals surface area (Å²) in [7, 11) is 0. The fraction of sp³-hybridized carbons (Fsp3) is 0.423. The number of hydrogen-bond acceptors (Lipinski definition) is 4. The molecule has 33 heavy (non-hydrogen) atoms. The number of piperidine rings is 1. The highest BCUT2D eigenvalue weighted by atomic mass is 16.5. The molecule has 0 spiro atoms. The molecule has 1 fully saturated rings. The van der Waals surface area contributed by atoms with Crippen molar-refractivity contribution < 1.29 is 24.2 Å². The van der Waals surface area contributed by atoms with Gasteiger partial charge in [-0.2, -0.15) is 0 Å². The summed E-state index contributed by atoms with van der Waals surface area (Å²) in [5, 5.41) is 12.2. The first-order chi connectivity index (χ1) is 15.8. The fourth-order valence-corrected chi connectivity index (χ4v) is 5.33. The highest BCUT2D eigenvalue weighted by molar-refractivity contribution is 5.89. The van der Waals surface area contributed by atoms with Gasteiger partial charge in [-0.3, -0.25) is 4.79 Å². The lowest BCUT2D eigenvalue weighted by molar-refractivity contribution is -0.156. The maximum Gasteiger partial charge on any atom is 0.407 e. The number of benzene rings is 2. The summed E-state index contributed by atoms with van der Waals surface area (Å²) in [5.41, 5.74) is 4.49. The van der Waals surface area contributed by atoms with E-state index in [1.807, 2.05) is 50.2 Å². The molecule has 0 saturated carbocycles. The summed E-state index contributed by atoms with van der Waals surface area (Å²) < 4.78 is 5.53. The zero-order valence-electron chi connectivity index (χ0n) is 19.2. The number of carbonyl (C=O) groups is 3. The summed E-state index contributed by atoms with van der Waals surface area (Å²) >= 11 is 0. The molecule has 1 saturated heterocycles. The van der Waals surface area contributed by atoms with E-state index >= 15 is 0 Å². The normalized spacial score (nSPS) is 22.8. The van der Waals surface area contributed by atoms with E-state index in [1.165, 1.54) is 4.90 Å². The van der Waals surface area contributed by atoms with Gasteiger partial charge in [0, 0.05) is 12.5 Å². The molecule has 2 aromatic carbocycles. The van der Waals surface area contributed by atoms with E-state index in [1.54, 1.807) is 6.92 Å². The maximum absolute atomic E-state index is 13.0. The predicted molar refractivity (Wildman–Crippen MR) is 124 cm³/mol. The number of nitrogens with one attached hydrogen (secondary N) is 1. The number of nitrogens with zero attached hydrogens (tertiary/aromatic N) is 1. The number of alkyl carbamates (subject to hydrolysis) is 1. The first-order valence-corrected chi connectivity index (χ1v) is 11.4. The second-order valence-electron chi connectivity index (χ2n) is 9.28. The van der Waals surface area contributed by atoms with Gasteiger partial charge >= 0.3 is 12.1 Å². The molecule has 7 heteroatoms. The van der Waals surface area contributed by atoms with E-state index in [9.17, 15) is 19.5 Å². The summed E-state index contributed by atoms with van der Waals surface area (Å²) in [6.45, 7) is 5.91. The molecular weight excluding hydrogens is 420 g/mol. The number of likely N-dealkylation sites (tertiary alicyclic amines) is 1. The van der Waals surface area contributed by atoms with Gasteiger partial charge in [0.2, 0.25) is 5.91 Å². The number of aliphatic carboxylic acids is 1. The summed E-state index contributed by atoms with van der Waals surface area (Å²) in [6, 6.07) is 14.4. The van der Waals surface area contributed by atoms with Gasteiger partial charge in [-0.15, -0.1) is 0 Å². The van der Waals surface area contributed by atoms with E-state index in [0.29, 0.717) is 6.54 Å². The Labute approximate surface area is 193 Å². The number of carboxylic acids is 1. The Balaban J connectivity index is 1.40. The molecule has 4 atom stereocenters. The molecule has 2 amide bonds. The molecule has 174 valence electrons. The number of carboxylic acid groups (broad SMARTS) is 1. The van der Waals surface area contributed by atoms with Crippen LogP contribution in [0.1, 0.15) is 44.2 Å². The molecule has 7 nitrogen and oxygen atoms in total. The smallest absolute Gasteiger partial charge is 0.407 e. The number of carbonyl (C=O) groups excluding carboxylic acids is 2. The molecule has 2 N–H and O–H groups in total. The van der Waals surface area contributed by atoms with Crippen LogP contribution in [0, 0.1) is 11.8 Å². The Bertz CT molecular complexity index is 1020. The second-order valence-corrected chi connectivity index (χ2v) is 9.28. The van der Waals surface area contributed by atoms with Crippen molar-refractivity contribution >= 4 is 18.0 Å². The molecule has 0 radical (unpaired) electrons. The van der Waals surface area contributed by atoms with Crippen LogP contribution < -0.4 is 5.32 Å². The molecule has 1 aliphatic heterocycles. The van der Waals surface area contributed by atoms with Gasteiger partial charge in [0.25, 0.3) is 0 Å². The number of rotatable bonds is 5. The van der Waals surface area contributed by atoms with Crippen molar-refractivity contribution in [2.45, 2.75) is 45.2 Å². The average Bonchev–Trinajstić information content (AvgIpc) is 3.10. The SMILES string of the molecule is CC1CC(C)C(C(=O)O)N(C(=O)C(C)NC(=O)OCC2c3ccccc3-c3ccccc32)C1. The van der Waals surface area contributed by atoms with Crippen molar-refractivity contribution in [2.75, 3.05) is 13.2 Å². The van der Waals surface area contributed by atoms with Crippen LogP contribution in [0.2, 0.25) is 0 Å². The summed E-state index contributed by atoms with van der Waals surface area (Å²) in [6.07, 6.45) is 0.0530. The van der Waals surface area contributed by atoms with Crippen LogP contribution in [0.15, 0.2) is 48.5 Å². The number of amides is 2. The van der Waals surface area contributed by atoms with Crippen LogP contribution in [0.25, 0.3) is 11.1 Å². The van der Waals surface area contributed by atoms with Gasteiger partial charge in [-0.05, 0) is 47.4 Å². The first kappa shape index (κ1) is 22.8. The van der Waals surface area contributed by atoms with Crippen molar-refractivity contribution in [3.8, 4) is 11.1 Å². The summed E-state index contributed by atoms with van der Waals surface area (Å²) in [4.78, 5) is 38.7. The van der Waals surface area contributed by atoms with E-state index in [4.69, 9.17) is 4.74 Å². The van der Waals surface area contributed by atoms with Crippen molar-refractivity contribution in [3.63, 3.8) is 0 Å². The minimum atomic E-state index is -1.02. The third kappa shape index (κ3) is 4.45. The third-order valence-electron chi connectivity index (χ3n) is 6.74. The molecule has 0 bridgehead atoms. The Kier molecular flexibility index (Phi) is 6.40. The highest BCUT2D eigenvalue weighted by Crippen LogP contribution is 2.44. The molecule has 4 unspecified atom stereocenters. The zero-order chi connectivity index (χ0) is 23.7. The van der Waals surface area contributed by atoms with Crippen LogP contribution >= 0.6 is 0 Å². The van der Waals surface area contributed by atoms with Gasteiger partial charge in [-0.25, -0.2) is 9.59 Å². The van der Waals surface area contributed by atoms with E-state index in [2.05, 4.69) is 17.4 Å². The topological polar surface area (TPSA) is 95.9 Å². The predicted octanol–water partition coefficient (Wildman–Crippen LogP) is 3.87. The summed E-state index contributed by atoms with van der Waals surface area (Å²) in [5.74, 6) is -1.46. The Morgan fingerprint density at radius 1 is 1.06 bits per heavy atom. The van der Waals surface area contributed by atoms with E-state index in [0.717, 1.165) is 28.7 Å². The first-order valence-electron chi connectivity index (χ1n) is 11.4. The molecule has 2 aromatic rings. The van der Waals surface area contributed by atoms with Gasteiger partial charge in [0.1, 0.15) is 18.7 Å². The number of fused-ring (bicyclic) bond motifs is 3. The zero-order valence-corrected chi connectivity index (χ0v) is 19.2. The monoisotopic (exact) mass is 450 g/mol. The molecule has 1 heterocycles. The lowest BCUT2D eigenvalue weighted by Gasteiger charge is -2.41. The molecular formula is C26H30N2O5. The minimum Gasteiger partial charge on any atom is -0.480 e. The average molecular weight is 451 g/mol. The fourth-order valence-electron chi connectivity index (χ4n) is 5.33. The van der Waals surface area contributed by atoms with Crippen LogP contribution in [0.3, 0.4) is 0 Å². The lowest BCUT2D eigenvalue weighted by Crippen LogP contribution is -2.58. The Hall–Kier alpha value is -3.35. The van der Waals surface area contributed by atoms with Gasteiger partial charge in [-0.1, -0.05) is 62.4 Å². The van der Waals surface area contributed by atoms with Crippen molar-refractivity contribution in [2.24, 2.45) is 11.8 Å². The highest BCUT2D eigenvalue weighted by Gasteiger charge is 2.41. The van der Waals surface area contributed by atoms with Crippen LogP contribution in [-0.2, 0) is 14.3 Å². The Morgan fingerprint density at radius 2 is 1.64 bits per heavy atom. The van der Waals surface area contributed by atoms with Crippen LogP contribution in [0.4, 0.5) is 4.79 Å². The lowest BCUT2D eigenvalue weighted by atomic mass is 9.84. The van der Waals surface area contributed by atoms with Crippen molar-refractivity contribution in [1.82, 2.24) is 10.2 Å². The molecule has 1 aliphatic carbocycles. The quantitative estimate of drug-likeness (QED) is 0.721. The minimum absolute atomic E-state index is 0.0747. The molecule has 0 aromatic heterocycles. The van der Waals surface area contributed by atoms with Gasteiger partial charge < -0.3 is 20.1 Å². The van der Waals surface area contributed by atoms with Crippen molar-refractivity contribution in [1.29, 1.82) is 0 Å². The van der Waals surface area contributed by atoms with Crippen LogP contribution in [-0.4, -0.2) is 53.2 Å². The van der Waals surface area contributed by atoms with Crippen LogP contribution in [0.5, 0.6) is 0 Å². The maximum atomic E-state index is 13.0. The standard InChI is InChI=1S/C26H30N2O5/c1-15-12-16(2)23(25(30)31)28(13-15)24(29)17(3)27-26(32)33-14-22-20-10-6-4-8-18(20)19-9-5-7-11-21(19)22/h4-11,15-17,22-23H,12-14H2,1-3H3,(H,27,32)(H,30,31). The largest absolute Gasteiger partial charge is 0.480 e. The molecule has 2 aliphatic rings. The van der Waals surface area contributed by atoms with E-state index < -0.39 is 30.1 Å². The number of ether oxygens (including phenoxy) is 1. The number of hydrogen-bond donors (Lipinski definition) is 2. The van der Waals surface area contributed by atoms with Crippen molar-refractivity contribution in [3.05, 3.63) is 59.7 Å². The Morgan fingerprint density at radius 3 is 2.21 bits per heavy atom. The van der Waals surface area contributed by atoms with E-state index in [-0.39, 0.29) is 24.4 Å². The molecule has 4 rings (SSSR count). The van der Waals surface area contributed by atoms with Gasteiger partial charge in [0.15, 0.2) is 0 Å². The van der Waals surface area contributed by atoms with Gasteiger partial charge in [0.05, 0.1) is 0 Å². The third-order valence-corrected chi connectivity index (χ3v) is 6.74.